The normalized spacial score (nSPS) is 12.9. The largest absolute Gasteiger partial charge is 0.417 e. The van der Waals surface area contributed by atoms with Gasteiger partial charge in [-0.15, -0.1) is 0 Å². The van der Waals surface area contributed by atoms with Crippen molar-refractivity contribution in [3.05, 3.63) is 30.1 Å². The molecule has 3 rings (SSSR count). The molecule has 0 bridgehead atoms. The van der Waals surface area contributed by atoms with E-state index in [4.69, 9.17) is 15.1 Å². The van der Waals surface area contributed by atoms with Crippen LogP contribution in [0.3, 0.4) is 0 Å². The molecule has 0 atom stereocenters. The summed E-state index contributed by atoms with van der Waals surface area (Å²) in [5, 5.41) is 1.39. The number of benzene rings is 1. The van der Waals surface area contributed by atoms with Crippen LogP contribution in [-0.4, -0.2) is 29.5 Å². The Morgan fingerprint density at radius 1 is 1.07 bits per heavy atom. The highest BCUT2D eigenvalue weighted by atomic mass is 28.4. The molecule has 0 spiro atoms. The molecule has 3 aromatic rings. The minimum absolute atomic E-state index is 0.254. The van der Waals surface area contributed by atoms with E-state index in [9.17, 15) is 0 Å². The maximum atomic E-state index is 6.37. The smallest absolute Gasteiger partial charge is 0.191 e. The fourth-order valence-corrected chi connectivity index (χ4v) is 4.67. The van der Waals surface area contributed by atoms with Gasteiger partial charge in [-0.1, -0.05) is 52.3 Å². The summed E-state index contributed by atoms with van der Waals surface area (Å²) < 4.78 is 8.76. The van der Waals surface area contributed by atoms with E-state index in [-0.39, 0.29) is 5.04 Å². The molecule has 0 fully saturated rings. The lowest BCUT2D eigenvalue weighted by Crippen LogP contribution is -2.40. The SMILES string of the molecule is CCCCc1nc2c(N)nc3ccccc3c2n1CCCCO[Si](C)(C)C(C)(C)C. The highest BCUT2D eigenvalue weighted by molar-refractivity contribution is 6.74. The van der Waals surface area contributed by atoms with Gasteiger partial charge in [-0.3, -0.25) is 0 Å². The van der Waals surface area contributed by atoms with E-state index in [0.29, 0.717) is 5.82 Å². The lowest BCUT2D eigenvalue weighted by molar-refractivity contribution is 0.276. The van der Waals surface area contributed by atoms with Crippen molar-refractivity contribution in [3.63, 3.8) is 0 Å². The van der Waals surface area contributed by atoms with Crippen molar-refractivity contribution in [2.24, 2.45) is 0 Å². The Hall–Kier alpha value is -1.92. The Balaban J connectivity index is 1.83. The van der Waals surface area contributed by atoms with Crippen LogP contribution in [0.2, 0.25) is 18.1 Å². The molecule has 5 nitrogen and oxygen atoms in total. The third kappa shape index (κ3) is 4.70. The van der Waals surface area contributed by atoms with Crippen LogP contribution in [0.15, 0.2) is 24.3 Å². The topological polar surface area (TPSA) is 66.0 Å². The van der Waals surface area contributed by atoms with Crippen molar-refractivity contribution < 1.29 is 4.43 Å². The number of fused-ring (bicyclic) bond motifs is 3. The van der Waals surface area contributed by atoms with Crippen molar-refractivity contribution in [2.75, 3.05) is 12.3 Å². The van der Waals surface area contributed by atoms with Crippen LogP contribution in [0.4, 0.5) is 5.82 Å². The molecule has 1 aromatic carbocycles. The Morgan fingerprint density at radius 2 is 1.80 bits per heavy atom. The molecule has 2 heterocycles. The van der Waals surface area contributed by atoms with Gasteiger partial charge < -0.3 is 14.7 Å². The second-order valence-corrected chi connectivity index (χ2v) is 14.6. The zero-order chi connectivity index (χ0) is 21.9. The van der Waals surface area contributed by atoms with Crippen molar-refractivity contribution >= 4 is 36.1 Å². The van der Waals surface area contributed by atoms with Gasteiger partial charge in [-0.05, 0) is 43.5 Å². The van der Waals surface area contributed by atoms with Crippen LogP contribution in [0.1, 0.15) is 59.2 Å². The summed E-state index contributed by atoms with van der Waals surface area (Å²) in [5.41, 5.74) is 9.21. The zero-order valence-corrected chi connectivity index (χ0v) is 20.6. The monoisotopic (exact) mass is 426 g/mol. The maximum Gasteiger partial charge on any atom is 0.191 e. The van der Waals surface area contributed by atoms with Crippen LogP contribution < -0.4 is 5.73 Å². The first-order valence-electron chi connectivity index (χ1n) is 11.3. The van der Waals surface area contributed by atoms with Crippen molar-refractivity contribution in [1.82, 2.24) is 14.5 Å². The van der Waals surface area contributed by atoms with Gasteiger partial charge >= 0.3 is 0 Å². The number of para-hydroxylation sites is 1. The Labute approximate surface area is 182 Å². The molecule has 0 aliphatic carbocycles. The Bertz CT molecular complexity index is 1000. The van der Waals surface area contributed by atoms with Gasteiger partial charge in [0.25, 0.3) is 0 Å². The number of aromatic nitrogens is 3. The first-order chi connectivity index (χ1) is 14.2. The standard InChI is InChI=1S/C24H38N4OSi/c1-7-8-15-20-27-21-22(18-13-9-10-14-19(18)26-23(21)25)28(20)16-11-12-17-29-30(5,6)24(2,3)4/h9-10,13-14H,7-8,11-12,15-17H2,1-6H3,(H2,25,26). The summed E-state index contributed by atoms with van der Waals surface area (Å²) in [6.45, 7) is 15.5. The van der Waals surface area contributed by atoms with Gasteiger partial charge in [0.2, 0.25) is 0 Å². The molecular formula is C24H38N4OSi. The van der Waals surface area contributed by atoms with E-state index in [1.165, 1.54) is 0 Å². The van der Waals surface area contributed by atoms with E-state index in [1.54, 1.807) is 0 Å². The van der Waals surface area contributed by atoms with Gasteiger partial charge in [0.15, 0.2) is 14.1 Å². The minimum Gasteiger partial charge on any atom is -0.417 e. The predicted molar refractivity (Wildman–Crippen MR) is 130 cm³/mol. The van der Waals surface area contributed by atoms with Crippen LogP contribution in [0, 0.1) is 0 Å². The molecule has 6 heteroatoms. The first kappa shape index (κ1) is 22.8. The van der Waals surface area contributed by atoms with Gasteiger partial charge in [0.05, 0.1) is 11.0 Å². The number of nitrogens with zero attached hydrogens (tertiary/aromatic N) is 3. The summed E-state index contributed by atoms with van der Waals surface area (Å²) >= 11 is 0. The van der Waals surface area contributed by atoms with Crippen LogP contribution >= 0.6 is 0 Å². The number of rotatable bonds is 9. The number of imidazole rings is 1. The molecule has 0 amide bonds. The molecule has 0 aliphatic heterocycles. The number of anilines is 1. The fraction of sp³-hybridized carbons (Fsp3) is 0.583. The molecule has 2 aromatic heterocycles. The first-order valence-corrected chi connectivity index (χ1v) is 14.2. The molecule has 0 unspecified atom stereocenters. The van der Waals surface area contributed by atoms with Crippen LogP contribution in [-0.2, 0) is 17.4 Å². The molecule has 164 valence electrons. The number of pyridine rings is 1. The molecule has 0 saturated heterocycles. The Kier molecular flexibility index (Phi) is 6.87. The number of nitrogens with two attached hydrogens (primary N) is 1. The van der Waals surface area contributed by atoms with E-state index in [1.807, 2.05) is 12.1 Å². The van der Waals surface area contributed by atoms with E-state index < -0.39 is 8.32 Å². The molecule has 0 aliphatic rings. The number of nitrogen functional groups attached to an aromatic ring is 1. The number of hydrogen-bond acceptors (Lipinski definition) is 4. The highest BCUT2D eigenvalue weighted by Crippen LogP contribution is 2.36. The molecule has 0 saturated carbocycles. The van der Waals surface area contributed by atoms with E-state index in [2.05, 4.69) is 62.5 Å². The average Bonchev–Trinajstić information content (AvgIpc) is 3.04. The van der Waals surface area contributed by atoms with E-state index in [0.717, 1.165) is 73.0 Å². The summed E-state index contributed by atoms with van der Waals surface area (Å²) in [6, 6.07) is 8.24. The summed E-state index contributed by atoms with van der Waals surface area (Å²) in [5.74, 6) is 1.66. The molecule has 0 radical (unpaired) electrons. The van der Waals surface area contributed by atoms with Gasteiger partial charge in [-0.25, -0.2) is 9.97 Å². The Morgan fingerprint density at radius 3 is 2.50 bits per heavy atom. The number of unbranched alkanes of at least 4 members (excludes halogenated alkanes) is 2. The van der Waals surface area contributed by atoms with Gasteiger partial charge in [0, 0.05) is 25.0 Å². The lowest BCUT2D eigenvalue weighted by Gasteiger charge is -2.36. The quantitative estimate of drug-likeness (QED) is 0.321. The minimum atomic E-state index is -1.68. The van der Waals surface area contributed by atoms with Gasteiger partial charge in [-0.2, -0.15) is 0 Å². The van der Waals surface area contributed by atoms with Crippen molar-refractivity contribution in [3.8, 4) is 0 Å². The summed E-state index contributed by atoms with van der Waals surface area (Å²) in [7, 11) is -1.68. The van der Waals surface area contributed by atoms with Crippen molar-refractivity contribution in [1.29, 1.82) is 0 Å². The second kappa shape index (κ2) is 9.06. The average molecular weight is 427 g/mol. The molecule has 30 heavy (non-hydrogen) atoms. The van der Waals surface area contributed by atoms with E-state index >= 15 is 0 Å². The molecule has 2 N–H and O–H groups in total. The summed E-state index contributed by atoms with van der Waals surface area (Å²) in [6.07, 6.45) is 5.37. The second-order valence-electron chi connectivity index (χ2n) is 9.81. The summed E-state index contributed by atoms with van der Waals surface area (Å²) in [4.78, 5) is 9.51. The third-order valence-corrected chi connectivity index (χ3v) is 11.0. The van der Waals surface area contributed by atoms with Crippen LogP contribution in [0.25, 0.3) is 21.9 Å². The lowest BCUT2D eigenvalue weighted by atomic mass is 10.2. The fourth-order valence-electron chi connectivity index (χ4n) is 3.59. The predicted octanol–water partition coefficient (Wildman–Crippen LogP) is 6.31. The zero-order valence-electron chi connectivity index (χ0n) is 19.6. The maximum absolute atomic E-state index is 6.37. The van der Waals surface area contributed by atoms with Crippen molar-refractivity contribution in [2.45, 2.75) is 84.5 Å². The van der Waals surface area contributed by atoms with Gasteiger partial charge in [0.1, 0.15) is 11.3 Å². The number of hydrogen-bond donors (Lipinski definition) is 1. The number of aryl methyl sites for hydroxylation is 2. The van der Waals surface area contributed by atoms with Crippen LogP contribution in [0.5, 0.6) is 0 Å². The highest BCUT2D eigenvalue weighted by Gasteiger charge is 2.36. The molecular weight excluding hydrogens is 388 g/mol. The third-order valence-electron chi connectivity index (χ3n) is 6.49.